The second kappa shape index (κ2) is 7.09. The van der Waals surface area contributed by atoms with Gasteiger partial charge in [-0.15, -0.1) is 11.3 Å². The number of rotatable bonds is 4. The highest BCUT2D eigenvalue weighted by Crippen LogP contribution is 2.37. The van der Waals surface area contributed by atoms with Gasteiger partial charge in [0.2, 0.25) is 5.91 Å². The normalized spacial score (nSPS) is 17.0. The number of amides is 1. The summed E-state index contributed by atoms with van der Waals surface area (Å²) in [6.07, 6.45) is 4.36. The van der Waals surface area contributed by atoms with E-state index < -0.39 is 0 Å². The second-order valence-corrected chi connectivity index (χ2v) is 6.69. The molecule has 3 rings (SSSR count). The fourth-order valence-electron chi connectivity index (χ4n) is 3.08. The summed E-state index contributed by atoms with van der Waals surface area (Å²) in [7, 11) is 3.27. The van der Waals surface area contributed by atoms with Gasteiger partial charge in [-0.1, -0.05) is 6.07 Å². The molecule has 0 radical (unpaired) electrons. The van der Waals surface area contributed by atoms with Gasteiger partial charge in [-0.05, 0) is 54.1 Å². The molecule has 0 saturated carbocycles. The van der Waals surface area contributed by atoms with Gasteiger partial charge in [0.1, 0.15) is 0 Å². The molecule has 1 aliphatic rings. The topological polar surface area (TPSA) is 38.8 Å². The van der Waals surface area contributed by atoms with E-state index in [0.717, 1.165) is 22.6 Å². The first-order valence-corrected chi connectivity index (χ1v) is 8.79. The lowest BCUT2D eigenvalue weighted by Gasteiger charge is -2.35. The molecule has 0 bridgehead atoms. The summed E-state index contributed by atoms with van der Waals surface area (Å²) in [4.78, 5) is 15.6. The zero-order valence-electron chi connectivity index (χ0n) is 14.1. The Labute approximate surface area is 146 Å². The number of benzene rings is 1. The van der Waals surface area contributed by atoms with E-state index in [4.69, 9.17) is 9.47 Å². The summed E-state index contributed by atoms with van der Waals surface area (Å²) in [5, 5.41) is 2.00. The molecule has 0 unspecified atom stereocenters. The molecule has 0 saturated heterocycles. The van der Waals surface area contributed by atoms with Crippen molar-refractivity contribution in [1.82, 2.24) is 4.90 Å². The molecule has 1 amide bonds. The maximum absolute atomic E-state index is 12.6. The zero-order chi connectivity index (χ0) is 17.1. The average Bonchev–Trinajstić information content (AvgIpc) is 3.12. The predicted octanol–water partition coefficient (Wildman–Crippen LogP) is 3.92. The van der Waals surface area contributed by atoms with Gasteiger partial charge in [0.25, 0.3) is 0 Å². The van der Waals surface area contributed by atoms with E-state index in [2.05, 4.69) is 6.92 Å². The van der Waals surface area contributed by atoms with Crippen LogP contribution in [-0.4, -0.2) is 31.6 Å². The van der Waals surface area contributed by atoms with E-state index in [9.17, 15) is 4.79 Å². The number of thiophene rings is 1. The molecule has 4 nitrogen and oxygen atoms in total. The lowest BCUT2D eigenvalue weighted by atomic mass is 9.92. The predicted molar refractivity (Wildman–Crippen MR) is 96.7 cm³/mol. The molecule has 0 fully saturated rings. The molecule has 1 aromatic carbocycles. The van der Waals surface area contributed by atoms with Crippen LogP contribution in [0.1, 0.15) is 29.0 Å². The average molecular weight is 343 g/mol. The van der Waals surface area contributed by atoms with Crippen molar-refractivity contribution in [2.45, 2.75) is 19.4 Å². The Hall–Kier alpha value is -2.27. The van der Waals surface area contributed by atoms with Gasteiger partial charge in [0.15, 0.2) is 11.5 Å². The Bertz CT molecular complexity index is 752. The lowest BCUT2D eigenvalue weighted by molar-refractivity contribution is -0.128. The Morgan fingerprint density at radius 1 is 1.29 bits per heavy atom. The van der Waals surface area contributed by atoms with Gasteiger partial charge >= 0.3 is 0 Å². The zero-order valence-corrected chi connectivity index (χ0v) is 14.9. The van der Waals surface area contributed by atoms with Crippen molar-refractivity contribution in [1.29, 1.82) is 0 Å². The standard InChI is InChI=1S/C19H21NO3S/c1-13-16-12-18(23-3)17(22-2)11-14(16)8-9-20(13)19(21)7-6-15-5-4-10-24-15/h4-7,10-13H,8-9H2,1-3H3/b7-6+/t13-/m1/s1. The quantitative estimate of drug-likeness (QED) is 0.790. The molecule has 2 aromatic rings. The fraction of sp³-hybridized carbons (Fsp3) is 0.316. The van der Waals surface area contributed by atoms with Gasteiger partial charge in [-0.2, -0.15) is 0 Å². The minimum Gasteiger partial charge on any atom is -0.493 e. The molecular weight excluding hydrogens is 322 g/mol. The molecule has 1 atom stereocenters. The van der Waals surface area contributed by atoms with Crippen LogP contribution in [0.4, 0.5) is 0 Å². The van der Waals surface area contributed by atoms with Crippen LogP contribution < -0.4 is 9.47 Å². The molecule has 0 aliphatic carbocycles. The molecule has 126 valence electrons. The second-order valence-electron chi connectivity index (χ2n) is 5.71. The van der Waals surface area contributed by atoms with Crippen LogP contribution in [0.2, 0.25) is 0 Å². The Balaban J connectivity index is 1.83. The molecule has 0 N–H and O–H groups in total. The third-order valence-corrected chi connectivity index (χ3v) is 5.24. The van der Waals surface area contributed by atoms with Crippen molar-refractivity contribution in [3.8, 4) is 11.5 Å². The number of nitrogens with zero attached hydrogens (tertiary/aromatic N) is 1. The van der Waals surface area contributed by atoms with Crippen molar-refractivity contribution in [3.63, 3.8) is 0 Å². The van der Waals surface area contributed by atoms with Gasteiger partial charge in [0, 0.05) is 17.5 Å². The maximum atomic E-state index is 12.6. The third kappa shape index (κ3) is 3.17. The van der Waals surface area contributed by atoms with E-state index in [0.29, 0.717) is 12.3 Å². The van der Waals surface area contributed by atoms with Gasteiger partial charge < -0.3 is 14.4 Å². The number of fused-ring (bicyclic) bond motifs is 1. The van der Waals surface area contributed by atoms with Gasteiger partial charge in [0.05, 0.1) is 20.3 Å². The largest absolute Gasteiger partial charge is 0.493 e. The van der Waals surface area contributed by atoms with E-state index >= 15 is 0 Å². The molecule has 0 spiro atoms. The highest BCUT2D eigenvalue weighted by molar-refractivity contribution is 7.10. The summed E-state index contributed by atoms with van der Waals surface area (Å²) < 4.78 is 10.8. The minimum atomic E-state index is 0.00837. The molecule has 1 aliphatic heterocycles. The van der Waals surface area contributed by atoms with Crippen LogP contribution >= 0.6 is 11.3 Å². The van der Waals surface area contributed by atoms with Crippen LogP contribution in [0.15, 0.2) is 35.7 Å². The van der Waals surface area contributed by atoms with Crippen molar-refractivity contribution in [3.05, 3.63) is 51.7 Å². The van der Waals surface area contributed by atoms with E-state index in [1.54, 1.807) is 31.6 Å². The summed E-state index contributed by atoms with van der Waals surface area (Å²) >= 11 is 1.62. The summed E-state index contributed by atoms with van der Waals surface area (Å²) in [5.74, 6) is 1.48. The number of hydrogen-bond donors (Lipinski definition) is 0. The highest BCUT2D eigenvalue weighted by atomic mass is 32.1. The fourth-order valence-corrected chi connectivity index (χ4v) is 3.70. The van der Waals surface area contributed by atoms with Crippen LogP contribution in [-0.2, 0) is 11.2 Å². The van der Waals surface area contributed by atoms with Crippen LogP contribution in [0.5, 0.6) is 11.5 Å². The van der Waals surface area contributed by atoms with E-state index in [1.807, 2.05) is 40.6 Å². The molecule has 24 heavy (non-hydrogen) atoms. The first-order valence-electron chi connectivity index (χ1n) is 7.91. The molecule has 2 heterocycles. The summed E-state index contributed by atoms with van der Waals surface area (Å²) in [6.45, 7) is 2.76. The monoisotopic (exact) mass is 343 g/mol. The lowest BCUT2D eigenvalue weighted by Crippen LogP contribution is -2.37. The summed E-state index contributed by atoms with van der Waals surface area (Å²) in [5.41, 5.74) is 2.34. The van der Waals surface area contributed by atoms with E-state index in [-0.39, 0.29) is 11.9 Å². The minimum absolute atomic E-state index is 0.00837. The van der Waals surface area contributed by atoms with Crippen LogP contribution in [0.25, 0.3) is 6.08 Å². The summed E-state index contributed by atoms with van der Waals surface area (Å²) in [6, 6.07) is 8.00. The number of carbonyl (C=O) groups is 1. The Kier molecular flexibility index (Phi) is 4.90. The third-order valence-electron chi connectivity index (χ3n) is 4.40. The molecule has 5 heteroatoms. The first kappa shape index (κ1) is 16.6. The maximum Gasteiger partial charge on any atom is 0.247 e. The molecule has 1 aromatic heterocycles. The van der Waals surface area contributed by atoms with Crippen molar-refractivity contribution < 1.29 is 14.3 Å². The SMILES string of the molecule is COc1cc2c(cc1OC)[C@@H](C)N(C(=O)/C=C/c1cccs1)CC2. The van der Waals surface area contributed by atoms with E-state index in [1.165, 1.54) is 5.56 Å². The Morgan fingerprint density at radius 2 is 2.04 bits per heavy atom. The number of hydrogen-bond acceptors (Lipinski definition) is 4. The molecular formula is C19H21NO3S. The van der Waals surface area contributed by atoms with Crippen LogP contribution in [0.3, 0.4) is 0 Å². The van der Waals surface area contributed by atoms with Gasteiger partial charge in [-0.25, -0.2) is 0 Å². The van der Waals surface area contributed by atoms with Crippen molar-refractivity contribution in [2.75, 3.05) is 20.8 Å². The van der Waals surface area contributed by atoms with Crippen molar-refractivity contribution >= 4 is 23.3 Å². The number of methoxy groups -OCH3 is 2. The first-order chi connectivity index (χ1) is 11.6. The van der Waals surface area contributed by atoms with Gasteiger partial charge in [-0.3, -0.25) is 4.79 Å². The van der Waals surface area contributed by atoms with Crippen LogP contribution in [0, 0.1) is 0 Å². The number of carbonyl (C=O) groups excluding carboxylic acids is 1. The number of ether oxygens (including phenoxy) is 2. The smallest absolute Gasteiger partial charge is 0.247 e. The van der Waals surface area contributed by atoms with Crippen molar-refractivity contribution in [2.24, 2.45) is 0 Å². The highest BCUT2D eigenvalue weighted by Gasteiger charge is 2.28. The Morgan fingerprint density at radius 3 is 2.71 bits per heavy atom.